The van der Waals surface area contributed by atoms with Gasteiger partial charge >= 0.3 is 5.97 Å². The van der Waals surface area contributed by atoms with Crippen molar-refractivity contribution < 1.29 is 14.3 Å². The number of amides is 1. The summed E-state index contributed by atoms with van der Waals surface area (Å²) in [6, 6.07) is 5.09. The Morgan fingerprint density at radius 3 is 2.81 bits per heavy atom. The molecule has 0 bridgehead atoms. The molecule has 0 saturated heterocycles. The minimum Gasteiger partial charge on any atom is -0.468 e. The first-order valence-corrected chi connectivity index (χ1v) is 6.41. The molecule has 110 valence electrons. The third-order valence-electron chi connectivity index (χ3n) is 3.06. The van der Waals surface area contributed by atoms with Crippen molar-refractivity contribution in [3.63, 3.8) is 0 Å². The van der Waals surface area contributed by atoms with Gasteiger partial charge in [-0.2, -0.15) is 0 Å². The van der Waals surface area contributed by atoms with Crippen molar-refractivity contribution in [2.24, 2.45) is 0 Å². The lowest BCUT2D eigenvalue weighted by Gasteiger charge is -2.18. The highest BCUT2D eigenvalue weighted by molar-refractivity contribution is 5.95. The Labute approximate surface area is 120 Å². The summed E-state index contributed by atoms with van der Waals surface area (Å²) in [6.45, 7) is 1.79. The van der Waals surface area contributed by atoms with Crippen LogP contribution in [0.5, 0.6) is 0 Å². The fraction of sp³-hybridized carbons (Fsp3) is 0.286. The number of methoxy groups -OCH3 is 1. The van der Waals surface area contributed by atoms with Crippen LogP contribution in [0.15, 0.2) is 35.4 Å². The maximum absolute atomic E-state index is 12.4. The lowest BCUT2D eigenvalue weighted by atomic mass is 10.2. The number of hydrogen-bond donors (Lipinski definition) is 0. The number of hydrogen-bond acceptors (Lipinski definition) is 5. The van der Waals surface area contributed by atoms with Crippen LogP contribution >= 0.6 is 0 Å². The normalized spacial score (nSPS) is 10.4. The zero-order chi connectivity index (χ0) is 15.4. The van der Waals surface area contributed by atoms with Crippen molar-refractivity contribution in [1.29, 1.82) is 0 Å². The molecule has 0 saturated carbocycles. The molecule has 0 N–H and O–H groups in total. The van der Waals surface area contributed by atoms with Gasteiger partial charge in [-0.05, 0) is 19.1 Å². The van der Waals surface area contributed by atoms with Crippen LogP contribution in [0.2, 0.25) is 0 Å². The van der Waals surface area contributed by atoms with Crippen LogP contribution in [-0.2, 0) is 9.53 Å². The van der Waals surface area contributed by atoms with Gasteiger partial charge in [0.1, 0.15) is 17.8 Å². The van der Waals surface area contributed by atoms with Gasteiger partial charge in [0.05, 0.1) is 7.11 Å². The fourth-order valence-electron chi connectivity index (χ4n) is 1.89. The molecular formula is C14H15N3O4. The molecule has 1 amide bonds. The molecule has 0 aromatic carbocycles. The predicted octanol–water partition coefficient (Wildman–Crippen LogP) is 0.330. The van der Waals surface area contributed by atoms with Crippen LogP contribution in [0, 0.1) is 0 Å². The highest BCUT2D eigenvalue weighted by atomic mass is 16.5. The fourth-order valence-corrected chi connectivity index (χ4v) is 1.89. The van der Waals surface area contributed by atoms with E-state index in [-0.39, 0.29) is 18.7 Å². The van der Waals surface area contributed by atoms with Crippen molar-refractivity contribution in [2.45, 2.75) is 6.92 Å². The second-order valence-electron chi connectivity index (χ2n) is 4.30. The SMILES string of the molecule is CCN(CC(=O)OC)C(=O)c1cnc2ccccn2c1=O. The van der Waals surface area contributed by atoms with Crippen molar-refractivity contribution in [1.82, 2.24) is 14.3 Å². The van der Waals surface area contributed by atoms with E-state index in [1.54, 1.807) is 25.1 Å². The molecule has 0 aliphatic carbocycles. The summed E-state index contributed by atoms with van der Waals surface area (Å²) < 4.78 is 5.83. The minimum atomic E-state index is -0.543. The van der Waals surface area contributed by atoms with Gasteiger partial charge in [-0.1, -0.05) is 6.07 Å². The predicted molar refractivity (Wildman–Crippen MR) is 75.1 cm³/mol. The van der Waals surface area contributed by atoms with Crippen LogP contribution in [-0.4, -0.2) is 46.4 Å². The minimum absolute atomic E-state index is 0.0792. The maximum atomic E-state index is 12.4. The third kappa shape index (κ3) is 2.91. The van der Waals surface area contributed by atoms with Crippen LogP contribution in [0.3, 0.4) is 0 Å². The Kier molecular flexibility index (Phi) is 4.32. The summed E-state index contributed by atoms with van der Waals surface area (Å²) in [4.78, 5) is 41.3. The van der Waals surface area contributed by atoms with E-state index in [1.807, 2.05) is 0 Å². The number of nitrogens with zero attached hydrogens (tertiary/aromatic N) is 3. The number of ether oxygens (including phenoxy) is 1. The second kappa shape index (κ2) is 6.17. The van der Waals surface area contributed by atoms with Crippen molar-refractivity contribution >= 4 is 17.5 Å². The lowest BCUT2D eigenvalue weighted by molar-refractivity contribution is -0.141. The van der Waals surface area contributed by atoms with Gasteiger partial charge in [0, 0.05) is 18.9 Å². The van der Waals surface area contributed by atoms with Crippen molar-refractivity contribution in [3.05, 3.63) is 46.5 Å². The molecule has 0 unspecified atom stereocenters. The molecule has 0 atom stereocenters. The first kappa shape index (κ1) is 14.7. The van der Waals surface area contributed by atoms with Crippen LogP contribution in [0.25, 0.3) is 5.65 Å². The number of carbonyl (C=O) groups is 2. The molecule has 0 radical (unpaired) electrons. The van der Waals surface area contributed by atoms with Gasteiger partial charge < -0.3 is 9.64 Å². The van der Waals surface area contributed by atoms with E-state index in [4.69, 9.17) is 0 Å². The summed E-state index contributed by atoms with van der Waals surface area (Å²) >= 11 is 0. The van der Waals surface area contributed by atoms with Crippen LogP contribution in [0.1, 0.15) is 17.3 Å². The molecule has 0 fully saturated rings. The number of aromatic nitrogens is 2. The average molecular weight is 289 g/mol. The Morgan fingerprint density at radius 2 is 2.14 bits per heavy atom. The van der Waals surface area contributed by atoms with E-state index >= 15 is 0 Å². The Bertz CT molecular complexity index is 738. The molecular weight excluding hydrogens is 274 g/mol. The quantitative estimate of drug-likeness (QED) is 0.758. The van der Waals surface area contributed by atoms with Gasteiger partial charge in [0.2, 0.25) is 0 Å². The van der Waals surface area contributed by atoms with E-state index in [0.717, 1.165) is 0 Å². The molecule has 7 heteroatoms. The van der Waals surface area contributed by atoms with Crippen LogP contribution < -0.4 is 5.56 Å². The number of rotatable bonds is 4. The smallest absolute Gasteiger partial charge is 0.325 e. The monoisotopic (exact) mass is 289 g/mol. The number of likely N-dealkylation sites (N-methyl/N-ethyl adjacent to an activating group) is 1. The van der Waals surface area contributed by atoms with Crippen molar-refractivity contribution in [3.8, 4) is 0 Å². The van der Waals surface area contributed by atoms with E-state index in [1.165, 1.54) is 28.8 Å². The molecule has 0 spiro atoms. The molecule has 2 aromatic heterocycles. The molecule has 2 heterocycles. The number of fused-ring (bicyclic) bond motifs is 1. The Balaban J connectivity index is 2.41. The highest BCUT2D eigenvalue weighted by Crippen LogP contribution is 2.02. The number of pyridine rings is 1. The first-order valence-electron chi connectivity index (χ1n) is 6.41. The van der Waals surface area contributed by atoms with E-state index in [0.29, 0.717) is 5.65 Å². The number of carbonyl (C=O) groups excluding carboxylic acids is 2. The summed E-state index contributed by atoms with van der Waals surface area (Å²) in [5.41, 5.74) is -0.0894. The summed E-state index contributed by atoms with van der Waals surface area (Å²) in [6.07, 6.45) is 2.78. The van der Waals surface area contributed by atoms with E-state index < -0.39 is 17.4 Å². The lowest BCUT2D eigenvalue weighted by Crippen LogP contribution is -2.39. The third-order valence-corrected chi connectivity index (χ3v) is 3.06. The highest BCUT2D eigenvalue weighted by Gasteiger charge is 2.21. The molecule has 21 heavy (non-hydrogen) atoms. The van der Waals surface area contributed by atoms with Gasteiger partial charge in [0.15, 0.2) is 0 Å². The number of esters is 1. The molecule has 7 nitrogen and oxygen atoms in total. The van der Waals surface area contributed by atoms with E-state index in [9.17, 15) is 14.4 Å². The van der Waals surface area contributed by atoms with Gasteiger partial charge in [0.25, 0.3) is 11.5 Å². The average Bonchev–Trinajstić information content (AvgIpc) is 2.52. The zero-order valence-electron chi connectivity index (χ0n) is 11.8. The topological polar surface area (TPSA) is 81.0 Å². The first-order chi connectivity index (χ1) is 10.1. The van der Waals surface area contributed by atoms with Crippen LogP contribution in [0.4, 0.5) is 0 Å². The summed E-state index contributed by atoms with van der Waals surface area (Å²) in [5, 5.41) is 0. The standard InChI is InChI=1S/C14H15N3O4/c1-3-16(9-12(18)21-2)13(19)10-8-15-11-6-4-5-7-17(11)14(10)20/h4-8H,3,9H2,1-2H3. The molecule has 0 aliphatic rings. The van der Waals surface area contributed by atoms with Crippen molar-refractivity contribution in [2.75, 3.05) is 20.2 Å². The van der Waals surface area contributed by atoms with Gasteiger partial charge in [-0.25, -0.2) is 4.98 Å². The maximum Gasteiger partial charge on any atom is 0.325 e. The molecule has 0 aliphatic heterocycles. The Morgan fingerprint density at radius 1 is 1.38 bits per heavy atom. The van der Waals surface area contributed by atoms with E-state index in [2.05, 4.69) is 9.72 Å². The van der Waals surface area contributed by atoms with Gasteiger partial charge in [-0.3, -0.25) is 18.8 Å². The Hall–Kier alpha value is -2.70. The summed E-state index contributed by atoms with van der Waals surface area (Å²) in [5.74, 6) is -1.09. The molecule has 2 rings (SSSR count). The second-order valence-corrected chi connectivity index (χ2v) is 4.30. The summed E-state index contributed by atoms with van der Waals surface area (Å²) in [7, 11) is 1.24. The molecule has 2 aromatic rings. The largest absolute Gasteiger partial charge is 0.468 e. The van der Waals surface area contributed by atoms with Gasteiger partial charge in [-0.15, -0.1) is 0 Å². The zero-order valence-corrected chi connectivity index (χ0v) is 11.8.